The van der Waals surface area contributed by atoms with Crippen LogP contribution in [0.3, 0.4) is 0 Å². The van der Waals surface area contributed by atoms with Gasteiger partial charge in [-0.1, -0.05) is 37.1 Å². The van der Waals surface area contributed by atoms with Crippen molar-refractivity contribution in [3.63, 3.8) is 0 Å². The van der Waals surface area contributed by atoms with Crippen LogP contribution in [0.15, 0.2) is 36.7 Å². The number of rotatable bonds is 8. The van der Waals surface area contributed by atoms with Gasteiger partial charge in [0.2, 0.25) is 5.95 Å². The van der Waals surface area contributed by atoms with Crippen LogP contribution in [0.4, 0.5) is 5.95 Å². The minimum Gasteiger partial charge on any atom is -0.354 e. The average Bonchev–Trinajstić information content (AvgIpc) is 2.57. The Morgan fingerprint density at radius 2 is 1.83 bits per heavy atom. The lowest BCUT2D eigenvalue weighted by atomic mass is 10.1. The quantitative estimate of drug-likeness (QED) is 0.728. The monoisotopic (exact) mass is 332 g/mol. The lowest BCUT2D eigenvalue weighted by Gasteiger charge is -2.06. The number of nitrogens with one attached hydrogen (secondary N) is 2. The number of amides is 1. The van der Waals surface area contributed by atoms with E-state index in [0.717, 1.165) is 31.4 Å². The molecule has 2 N–H and O–H groups in total. The molecule has 5 nitrogen and oxygen atoms in total. The number of carbonyl (C=O) groups excluding carboxylic acids is 1. The average molecular weight is 333 g/mol. The second-order valence-electron chi connectivity index (χ2n) is 5.21. The molecule has 1 heterocycles. The Labute approximate surface area is 141 Å². The Morgan fingerprint density at radius 3 is 2.48 bits per heavy atom. The first-order valence-electron chi connectivity index (χ1n) is 7.77. The fraction of sp³-hybridized carbons (Fsp3) is 0.353. The summed E-state index contributed by atoms with van der Waals surface area (Å²) in [5.74, 6) is 0.384. The molecule has 0 aliphatic rings. The Balaban J connectivity index is 1.77. The molecule has 0 radical (unpaired) electrons. The van der Waals surface area contributed by atoms with Crippen LogP contribution in [0.25, 0.3) is 0 Å². The molecule has 1 aromatic carbocycles. The van der Waals surface area contributed by atoms with Crippen molar-refractivity contribution >= 4 is 23.5 Å². The second-order valence-corrected chi connectivity index (χ2v) is 5.64. The van der Waals surface area contributed by atoms with Crippen molar-refractivity contribution < 1.29 is 4.79 Å². The summed E-state index contributed by atoms with van der Waals surface area (Å²) in [4.78, 5) is 20.3. The Morgan fingerprint density at radius 1 is 1.13 bits per heavy atom. The lowest BCUT2D eigenvalue weighted by molar-refractivity contribution is 0.0953. The molecule has 1 amide bonds. The summed E-state index contributed by atoms with van der Waals surface area (Å²) in [6.45, 7) is 3.51. The summed E-state index contributed by atoms with van der Waals surface area (Å²) >= 11 is 5.84. The van der Waals surface area contributed by atoms with Gasteiger partial charge in [-0.3, -0.25) is 4.79 Å². The minimum atomic E-state index is -0.168. The normalized spacial score (nSPS) is 10.3. The molecule has 122 valence electrons. The number of aromatic nitrogens is 2. The third-order valence-electron chi connectivity index (χ3n) is 3.34. The van der Waals surface area contributed by atoms with Gasteiger partial charge in [-0.15, -0.1) is 0 Å². The van der Waals surface area contributed by atoms with Gasteiger partial charge >= 0.3 is 0 Å². The van der Waals surface area contributed by atoms with Crippen LogP contribution in [0.5, 0.6) is 0 Å². The smallest absolute Gasteiger partial charge is 0.254 e. The van der Waals surface area contributed by atoms with Crippen molar-refractivity contribution in [2.45, 2.75) is 26.2 Å². The molecule has 23 heavy (non-hydrogen) atoms. The fourth-order valence-electron chi connectivity index (χ4n) is 1.99. The van der Waals surface area contributed by atoms with Crippen LogP contribution >= 0.6 is 11.6 Å². The summed E-state index contributed by atoms with van der Waals surface area (Å²) in [7, 11) is 0. The predicted molar refractivity (Wildman–Crippen MR) is 92.9 cm³/mol. The van der Waals surface area contributed by atoms with Gasteiger partial charge in [0.25, 0.3) is 5.91 Å². The van der Waals surface area contributed by atoms with Crippen LogP contribution < -0.4 is 10.6 Å². The van der Waals surface area contributed by atoms with Gasteiger partial charge in [-0.05, 0) is 30.5 Å². The van der Waals surface area contributed by atoms with Crippen LogP contribution in [-0.4, -0.2) is 29.0 Å². The number of anilines is 1. The molecule has 0 fully saturated rings. The van der Waals surface area contributed by atoms with E-state index in [0.29, 0.717) is 23.1 Å². The first kappa shape index (κ1) is 17.2. The summed E-state index contributed by atoms with van der Waals surface area (Å²) < 4.78 is 0. The van der Waals surface area contributed by atoms with E-state index < -0.39 is 0 Å². The fourth-order valence-corrected chi connectivity index (χ4v) is 2.11. The highest BCUT2D eigenvalue weighted by atomic mass is 35.5. The van der Waals surface area contributed by atoms with Crippen molar-refractivity contribution in [1.82, 2.24) is 15.3 Å². The molecule has 1 aromatic heterocycles. The van der Waals surface area contributed by atoms with Gasteiger partial charge < -0.3 is 10.6 Å². The molecule has 2 rings (SSSR count). The zero-order valence-corrected chi connectivity index (χ0v) is 13.9. The molecule has 0 atom stereocenters. The molecular formula is C17H21ClN4O. The first-order valence-corrected chi connectivity index (χ1v) is 8.15. The van der Waals surface area contributed by atoms with Crippen LogP contribution in [-0.2, 0) is 6.42 Å². The van der Waals surface area contributed by atoms with Crippen molar-refractivity contribution in [2.75, 3.05) is 18.4 Å². The van der Waals surface area contributed by atoms with Crippen LogP contribution in [0.2, 0.25) is 5.02 Å². The van der Waals surface area contributed by atoms with Crippen LogP contribution in [0, 0.1) is 0 Å². The van der Waals surface area contributed by atoms with Crippen molar-refractivity contribution in [3.05, 3.63) is 52.8 Å². The molecule has 0 unspecified atom stereocenters. The van der Waals surface area contributed by atoms with E-state index >= 15 is 0 Å². The number of halogens is 1. The van der Waals surface area contributed by atoms with E-state index in [1.165, 1.54) is 0 Å². The predicted octanol–water partition coefficient (Wildman–Crippen LogP) is 3.31. The molecule has 0 saturated heterocycles. The highest BCUT2D eigenvalue weighted by Gasteiger charge is 2.06. The number of benzene rings is 1. The Hall–Kier alpha value is -2.14. The molecule has 0 aliphatic heterocycles. The van der Waals surface area contributed by atoms with E-state index in [9.17, 15) is 4.79 Å². The van der Waals surface area contributed by atoms with Gasteiger partial charge in [0.15, 0.2) is 0 Å². The number of carbonyl (C=O) groups is 1. The van der Waals surface area contributed by atoms with Crippen LogP contribution in [0.1, 0.15) is 35.7 Å². The highest BCUT2D eigenvalue weighted by molar-refractivity contribution is 6.30. The lowest BCUT2D eigenvalue weighted by Crippen LogP contribution is -2.26. The SMILES string of the molecule is CCCCNc1ncc(C(=O)NCCc2ccc(Cl)cc2)cn1. The topological polar surface area (TPSA) is 66.9 Å². The maximum Gasteiger partial charge on any atom is 0.254 e. The van der Waals surface area contributed by atoms with E-state index in [2.05, 4.69) is 27.5 Å². The molecule has 0 bridgehead atoms. The largest absolute Gasteiger partial charge is 0.354 e. The molecule has 0 saturated carbocycles. The summed E-state index contributed by atoms with van der Waals surface area (Å²) in [5.41, 5.74) is 1.59. The summed E-state index contributed by atoms with van der Waals surface area (Å²) in [5, 5.41) is 6.69. The maximum atomic E-state index is 12.0. The third-order valence-corrected chi connectivity index (χ3v) is 3.59. The van der Waals surface area contributed by atoms with Gasteiger partial charge in [0, 0.05) is 30.5 Å². The van der Waals surface area contributed by atoms with E-state index in [1.807, 2.05) is 24.3 Å². The number of hydrogen-bond donors (Lipinski definition) is 2. The molecular weight excluding hydrogens is 312 g/mol. The minimum absolute atomic E-state index is 0.168. The standard InChI is InChI=1S/C17H21ClN4O/c1-2-3-9-20-17-21-11-14(12-22-17)16(23)19-10-8-13-4-6-15(18)7-5-13/h4-7,11-12H,2-3,8-10H2,1H3,(H,19,23)(H,20,21,22). The third kappa shape index (κ3) is 5.87. The number of hydrogen-bond acceptors (Lipinski definition) is 4. The molecule has 6 heteroatoms. The zero-order valence-electron chi connectivity index (χ0n) is 13.2. The molecule has 0 spiro atoms. The zero-order chi connectivity index (χ0) is 16.5. The molecule has 2 aromatic rings. The first-order chi connectivity index (χ1) is 11.2. The van der Waals surface area contributed by atoms with E-state index in [-0.39, 0.29) is 5.91 Å². The maximum absolute atomic E-state index is 12.0. The van der Waals surface area contributed by atoms with Gasteiger partial charge in [0.1, 0.15) is 0 Å². The van der Waals surface area contributed by atoms with Gasteiger partial charge in [-0.25, -0.2) is 9.97 Å². The van der Waals surface area contributed by atoms with E-state index in [4.69, 9.17) is 11.6 Å². The van der Waals surface area contributed by atoms with Crippen molar-refractivity contribution in [3.8, 4) is 0 Å². The highest BCUT2D eigenvalue weighted by Crippen LogP contribution is 2.09. The van der Waals surface area contributed by atoms with E-state index in [1.54, 1.807) is 12.4 Å². The van der Waals surface area contributed by atoms with Crippen molar-refractivity contribution in [2.24, 2.45) is 0 Å². The number of unbranched alkanes of at least 4 members (excludes halogenated alkanes) is 1. The number of nitrogens with zero attached hydrogens (tertiary/aromatic N) is 2. The Kier molecular flexibility index (Phi) is 6.81. The second kappa shape index (κ2) is 9.10. The Bertz CT molecular complexity index is 613. The summed E-state index contributed by atoms with van der Waals surface area (Å²) in [6, 6.07) is 7.59. The summed E-state index contributed by atoms with van der Waals surface area (Å²) in [6.07, 6.45) is 6.01. The van der Waals surface area contributed by atoms with Gasteiger partial charge in [0.05, 0.1) is 5.56 Å². The van der Waals surface area contributed by atoms with Crippen molar-refractivity contribution in [1.29, 1.82) is 0 Å². The van der Waals surface area contributed by atoms with Gasteiger partial charge in [-0.2, -0.15) is 0 Å². The molecule has 0 aliphatic carbocycles.